The van der Waals surface area contributed by atoms with Crippen molar-refractivity contribution in [3.8, 4) is 11.5 Å². The number of anilines is 1. The highest BCUT2D eigenvalue weighted by Gasteiger charge is 2.34. The summed E-state index contributed by atoms with van der Waals surface area (Å²) in [5.74, 6) is -0.348. The van der Waals surface area contributed by atoms with Crippen LogP contribution in [0.4, 0.5) is 5.69 Å². The lowest BCUT2D eigenvalue weighted by atomic mass is 10.1. The van der Waals surface area contributed by atoms with Crippen LogP contribution in [0.1, 0.15) is 12.5 Å². The van der Waals surface area contributed by atoms with Gasteiger partial charge in [0.1, 0.15) is 12.2 Å². The van der Waals surface area contributed by atoms with Gasteiger partial charge in [0, 0.05) is 0 Å². The van der Waals surface area contributed by atoms with Gasteiger partial charge < -0.3 is 9.47 Å². The Morgan fingerprint density at radius 3 is 2.60 bits per heavy atom. The molecule has 1 saturated heterocycles. The Morgan fingerprint density at radius 2 is 1.93 bits per heavy atom. The molecule has 1 fully saturated rings. The lowest BCUT2D eigenvalue weighted by Gasteiger charge is -2.28. The summed E-state index contributed by atoms with van der Waals surface area (Å²) in [6.07, 6.45) is 3.04. The van der Waals surface area contributed by atoms with E-state index < -0.39 is 11.8 Å². The second-order valence-corrected chi connectivity index (χ2v) is 6.95. The normalized spacial score (nSPS) is 15.2. The minimum Gasteiger partial charge on any atom is -0.490 e. The van der Waals surface area contributed by atoms with E-state index in [2.05, 4.69) is 11.9 Å². The molecule has 0 aromatic heterocycles. The number of ether oxygens (including phenoxy) is 2. The Morgan fingerprint density at radius 1 is 1.20 bits per heavy atom. The van der Waals surface area contributed by atoms with E-state index in [1.54, 1.807) is 42.5 Å². The van der Waals surface area contributed by atoms with Gasteiger partial charge in [-0.3, -0.25) is 19.8 Å². The largest absolute Gasteiger partial charge is 0.490 e. The first-order valence-electron chi connectivity index (χ1n) is 9.12. The third-order valence-corrected chi connectivity index (χ3v) is 4.67. The number of carbonyl (C=O) groups is 2. The maximum atomic E-state index is 13.1. The van der Waals surface area contributed by atoms with Gasteiger partial charge in [-0.05, 0) is 55.0 Å². The van der Waals surface area contributed by atoms with Crippen molar-refractivity contribution in [1.29, 1.82) is 0 Å². The van der Waals surface area contributed by atoms with E-state index >= 15 is 0 Å². The van der Waals surface area contributed by atoms with Crippen LogP contribution in [0.2, 0.25) is 5.02 Å². The number of carbonyl (C=O) groups excluding carboxylic acids is 2. The first-order chi connectivity index (χ1) is 14.5. The van der Waals surface area contributed by atoms with Crippen molar-refractivity contribution in [2.75, 3.05) is 18.1 Å². The average Bonchev–Trinajstić information content (AvgIpc) is 2.71. The highest BCUT2D eigenvalue weighted by Crippen LogP contribution is 2.37. The van der Waals surface area contributed by atoms with Crippen LogP contribution in [-0.4, -0.2) is 30.1 Å². The van der Waals surface area contributed by atoms with Gasteiger partial charge in [-0.2, -0.15) is 0 Å². The summed E-state index contributed by atoms with van der Waals surface area (Å²) < 4.78 is 11.2. The van der Waals surface area contributed by atoms with Crippen LogP contribution in [0, 0.1) is 0 Å². The molecule has 2 aromatic rings. The van der Waals surface area contributed by atoms with E-state index in [0.29, 0.717) is 29.4 Å². The molecule has 0 aliphatic carbocycles. The van der Waals surface area contributed by atoms with Crippen LogP contribution >= 0.6 is 23.8 Å². The van der Waals surface area contributed by atoms with E-state index in [4.69, 9.17) is 33.3 Å². The van der Waals surface area contributed by atoms with E-state index in [1.165, 1.54) is 11.0 Å². The van der Waals surface area contributed by atoms with Crippen molar-refractivity contribution in [3.63, 3.8) is 0 Å². The molecule has 2 amide bonds. The molecule has 1 aliphatic heterocycles. The smallest absolute Gasteiger partial charge is 0.270 e. The van der Waals surface area contributed by atoms with Gasteiger partial charge in [-0.15, -0.1) is 0 Å². The maximum absolute atomic E-state index is 13.1. The van der Waals surface area contributed by atoms with Gasteiger partial charge in [0.05, 0.1) is 17.3 Å². The second-order valence-electron chi connectivity index (χ2n) is 6.16. The number of hydrogen-bond donors (Lipinski definition) is 1. The van der Waals surface area contributed by atoms with Gasteiger partial charge >= 0.3 is 0 Å². The third-order valence-electron chi connectivity index (χ3n) is 4.10. The molecule has 8 heteroatoms. The fraction of sp³-hybridized carbons (Fsp3) is 0.136. The van der Waals surface area contributed by atoms with Crippen LogP contribution in [-0.2, 0) is 9.59 Å². The van der Waals surface area contributed by atoms with Crippen LogP contribution in [0.15, 0.2) is 60.7 Å². The highest BCUT2D eigenvalue weighted by atomic mass is 35.5. The van der Waals surface area contributed by atoms with Gasteiger partial charge in [-0.1, -0.05) is 42.5 Å². The number of thiocarbonyl (C=S) groups is 1. The lowest BCUT2D eigenvalue weighted by Crippen LogP contribution is -2.54. The molecule has 2 aromatic carbocycles. The SMILES string of the molecule is C=CCOc1c(Cl)cc(/C=C2/C(=O)NC(=S)N(c3ccccc3)C2=O)cc1OCC. The number of para-hydroxylation sites is 1. The molecule has 3 rings (SSSR count). The van der Waals surface area contributed by atoms with Crippen molar-refractivity contribution in [2.45, 2.75) is 6.92 Å². The predicted octanol–water partition coefficient (Wildman–Crippen LogP) is 4.13. The molecule has 0 spiro atoms. The van der Waals surface area contributed by atoms with E-state index in [0.717, 1.165) is 0 Å². The summed E-state index contributed by atoms with van der Waals surface area (Å²) in [6, 6.07) is 12.1. The molecule has 154 valence electrons. The zero-order valence-corrected chi connectivity index (χ0v) is 17.8. The zero-order chi connectivity index (χ0) is 21.7. The molecule has 1 heterocycles. The van der Waals surface area contributed by atoms with E-state index in [9.17, 15) is 9.59 Å². The van der Waals surface area contributed by atoms with Gasteiger partial charge in [-0.25, -0.2) is 0 Å². The van der Waals surface area contributed by atoms with Gasteiger partial charge in [0.15, 0.2) is 16.6 Å². The highest BCUT2D eigenvalue weighted by molar-refractivity contribution is 7.80. The van der Waals surface area contributed by atoms with Crippen molar-refractivity contribution in [3.05, 3.63) is 71.3 Å². The Kier molecular flexibility index (Phi) is 6.87. The number of benzene rings is 2. The Hall–Kier alpha value is -3.16. The standard InChI is InChI=1S/C22H19ClN2O4S/c1-3-10-29-19-17(23)12-14(13-18(19)28-4-2)11-16-20(26)24-22(30)25(21(16)27)15-8-6-5-7-9-15/h3,5-9,11-13H,1,4,10H2,2H3,(H,24,26,30)/b16-11-. The number of hydrogen-bond acceptors (Lipinski definition) is 5. The fourth-order valence-corrected chi connectivity index (χ4v) is 3.41. The Bertz CT molecular complexity index is 1040. The van der Waals surface area contributed by atoms with Crippen LogP contribution in [0.3, 0.4) is 0 Å². The molecular weight excluding hydrogens is 424 g/mol. The molecule has 0 saturated carbocycles. The summed E-state index contributed by atoms with van der Waals surface area (Å²) >= 11 is 11.6. The van der Waals surface area contributed by atoms with Crippen LogP contribution in [0.25, 0.3) is 6.08 Å². The summed E-state index contributed by atoms with van der Waals surface area (Å²) in [6.45, 7) is 6.08. The predicted molar refractivity (Wildman–Crippen MR) is 121 cm³/mol. The van der Waals surface area contributed by atoms with Crippen molar-refractivity contribution >= 4 is 52.5 Å². The summed E-state index contributed by atoms with van der Waals surface area (Å²) in [5, 5.41) is 2.86. The molecule has 6 nitrogen and oxygen atoms in total. The second kappa shape index (κ2) is 9.56. The lowest BCUT2D eigenvalue weighted by molar-refractivity contribution is -0.122. The molecule has 0 radical (unpaired) electrons. The Labute approximate surface area is 184 Å². The molecule has 1 aliphatic rings. The minimum atomic E-state index is -0.585. The topological polar surface area (TPSA) is 67.9 Å². The number of rotatable bonds is 7. The van der Waals surface area contributed by atoms with E-state index in [-0.39, 0.29) is 22.3 Å². The molecule has 0 bridgehead atoms. The first-order valence-corrected chi connectivity index (χ1v) is 9.91. The minimum absolute atomic E-state index is 0.0227. The maximum Gasteiger partial charge on any atom is 0.270 e. The summed E-state index contributed by atoms with van der Waals surface area (Å²) in [7, 11) is 0. The van der Waals surface area contributed by atoms with Crippen LogP contribution in [0.5, 0.6) is 11.5 Å². The monoisotopic (exact) mass is 442 g/mol. The number of nitrogens with one attached hydrogen (secondary N) is 1. The number of nitrogens with zero attached hydrogens (tertiary/aromatic N) is 1. The summed E-state index contributed by atoms with van der Waals surface area (Å²) in [5.41, 5.74) is 0.985. The van der Waals surface area contributed by atoms with Gasteiger partial charge in [0.2, 0.25) is 0 Å². The third kappa shape index (κ3) is 4.53. The number of halogens is 1. The zero-order valence-electron chi connectivity index (χ0n) is 16.2. The Balaban J connectivity index is 2.02. The van der Waals surface area contributed by atoms with E-state index in [1.807, 2.05) is 13.0 Å². The quantitative estimate of drug-likeness (QED) is 0.302. The average molecular weight is 443 g/mol. The fourth-order valence-electron chi connectivity index (χ4n) is 2.85. The molecule has 1 N–H and O–H groups in total. The molecule has 0 unspecified atom stereocenters. The molecule has 30 heavy (non-hydrogen) atoms. The number of amides is 2. The van der Waals surface area contributed by atoms with Crippen molar-refractivity contribution in [1.82, 2.24) is 5.32 Å². The van der Waals surface area contributed by atoms with Crippen LogP contribution < -0.4 is 19.7 Å². The summed E-state index contributed by atoms with van der Waals surface area (Å²) in [4.78, 5) is 26.8. The van der Waals surface area contributed by atoms with Crippen molar-refractivity contribution in [2.24, 2.45) is 0 Å². The van der Waals surface area contributed by atoms with Crippen molar-refractivity contribution < 1.29 is 19.1 Å². The molecule has 0 atom stereocenters. The molecular formula is C22H19ClN2O4S. The van der Waals surface area contributed by atoms with Gasteiger partial charge in [0.25, 0.3) is 11.8 Å². The first kappa shape index (κ1) is 21.5.